The van der Waals surface area contributed by atoms with Crippen molar-refractivity contribution < 1.29 is 23.6 Å². The number of benzene rings is 2. The molecule has 0 saturated carbocycles. The minimum Gasteiger partial charge on any atom is -0.443 e. The average Bonchev–Trinajstić information content (AvgIpc) is 3.60. The molecule has 2 amide bonds. The Morgan fingerprint density at radius 3 is 1.94 bits per heavy atom. The molecule has 2 aromatic rings. The van der Waals surface area contributed by atoms with Crippen molar-refractivity contribution in [2.24, 2.45) is 0 Å². The molecule has 0 atom stereocenters. The largest absolute Gasteiger partial charge is 0.443 e. The van der Waals surface area contributed by atoms with E-state index in [1.165, 1.54) is 22.5 Å². The van der Waals surface area contributed by atoms with Crippen molar-refractivity contribution in [3.05, 3.63) is 107 Å². The second kappa shape index (κ2) is 13.4. The monoisotopic (exact) mass is 678 g/mol. The van der Waals surface area contributed by atoms with Gasteiger partial charge in [-0.25, -0.2) is 9.59 Å². The molecule has 2 aromatic carbocycles. The Kier molecular flexibility index (Phi) is 9.87. The van der Waals surface area contributed by atoms with Gasteiger partial charge in [0.25, 0.3) is 0 Å². The van der Waals surface area contributed by atoms with Gasteiger partial charge < -0.3 is 14.4 Å². The van der Waals surface area contributed by atoms with Gasteiger partial charge in [-0.3, -0.25) is 0 Å². The fraction of sp³-hybridized carbons (Fsp3) is 0.465. The van der Waals surface area contributed by atoms with Gasteiger partial charge in [0.1, 0.15) is 18.2 Å². The molecule has 1 aliphatic carbocycles. The standard InChI is InChI=1S/C43H56N3O4/c1-13-40(3,4)49-38(47)46(39(48)50-41(5,6)14-2)37-29(25-27-35-42(7,8)31-19-15-17-21-33(31)44(35)11)23-24-30(37)26-28-36-43(9,10)32-20-16-18-22-34(32)45(36)12/h15-22,25-28H,13-14,23-24H2,1-12H3/q+1. The quantitative estimate of drug-likeness (QED) is 0.260. The third-order valence-corrected chi connectivity index (χ3v) is 11.1. The van der Waals surface area contributed by atoms with E-state index < -0.39 is 23.4 Å². The van der Waals surface area contributed by atoms with Gasteiger partial charge in [-0.15, -0.1) is 0 Å². The maximum Gasteiger partial charge on any atom is 0.424 e. The molecule has 5 rings (SSSR count). The van der Waals surface area contributed by atoms with Crippen molar-refractivity contribution in [3.63, 3.8) is 0 Å². The molecule has 0 N–H and O–H groups in total. The van der Waals surface area contributed by atoms with Gasteiger partial charge in [-0.1, -0.05) is 76.2 Å². The number of imide groups is 1. The first-order valence-electron chi connectivity index (χ1n) is 18.0. The van der Waals surface area contributed by atoms with Crippen molar-refractivity contribution >= 4 is 29.3 Å². The van der Waals surface area contributed by atoms with Crippen LogP contribution < -0.4 is 4.90 Å². The Balaban J connectivity index is 1.67. The lowest BCUT2D eigenvalue weighted by atomic mass is 9.81. The molecule has 7 heteroatoms. The van der Waals surface area contributed by atoms with Gasteiger partial charge in [0.05, 0.1) is 11.1 Å². The van der Waals surface area contributed by atoms with E-state index in [1.54, 1.807) is 0 Å². The number of nitrogens with zero attached hydrogens (tertiary/aromatic N) is 3. The molecule has 50 heavy (non-hydrogen) atoms. The Bertz CT molecular complexity index is 1820. The Morgan fingerprint density at radius 1 is 0.820 bits per heavy atom. The molecular weight excluding hydrogens is 622 g/mol. The Morgan fingerprint density at radius 2 is 1.38 bits per heavy atom. The number of likely N-dealkylation sites (N-methyl/N-ethyl adjacent to an activating group) is 1. The summed E-state index contributed by atoms with van der Waals surface area (Å²) in [6.45, 7) is 20.3. The third-order valence-electron chi connectivity index (χ3n) is 11.1. The third kappa shape index (κ3) is 6.71. The normalized spacial score (nSPS) is 19.9. The molecule has 3 aliphatic rings. The molecule has 0 aromatic heterocycles. The number of rotatable bonds is 8. The van der Waals surface area contributed by atoms with Gasteiger partial charge in [0.15, 0.2) is 5.71 Å². The second-order valence-corrected chi connectivity index (χ2v) is 16.0. The summed E-state index contributed by atoms with van der Waals surface area (Å²) >= 11 is 0. The summed E-state index contributed by atoms with van der Waals surface area (Å²) < 4.78 is 14.3. The number of para-hydroxylation sites is 2. The number of hydrogen-bond acceptors (Lipinski definition) is 5. The molecule has 0 spiro atoms. The summed E-state index contributed by atoms with van der Waals surface area (Å²) in [5, 5.41) is 0. The summed E-state index contributed by atoms with van der Waals surface area (Å²) in [6.07, 6.45) is 9.44. The number of carbonyl (C=O) groups excluding carboxylic acids is 2. The van der Waals surface area contributed by atoms with E-state index in [0.29, 0.717) is 31.4 Å². The van der Waals surface area contributed by atoms with Crippen molar-refractivity contribution in [1.82, 2.24) is 4.90 Å². The molecule has 2 aliphatic heterocycles. The van der Waals surface area contributed by atoms with Crippen LogP contribution in [0.15, 0.2) is 95.4 Å². The fourth-order valence-corrected chi connectivity index (χ4v) is 7.25. The number of amides is 2. The molecule has 0 fully saturated rings. The molecule has 0 radical (unpaired) electrons. The smallest absolute Gasteiger partial charge is 0.424 e. The molecule has 266 valence electrons. The lowest BCUT2D eigenvalue weighted by Crippen LogP contribution is -2.44. The minimum absolute atomic E-state index is 0.230. The predicted molar refractivity (Wildman–Crippen MR) is 203 cm³/mol. The maximum atomic E-state index is 14.2. The molecular formula is C43H56N3O4+. The van der Waals surface area contributed by atoms with E-state index in [0.717, 1.165) is 27.5 Å². The van der Waals surface area contributed by atoms with Crippen LogP contribution in [0.25, 0.3) is 0 Å². The van der Waals surface area contributed by atoms with E-state index in [9.17, 15) is 9.59 Å². The van der Waals surface area contributed by atoms with Gasteiger partial charge in [0.2, 0.25) is 5.69 Å². The number of carbonyl (C=O) groups is 2. The van der Waals surface area contributed by atoms with Crippen molar-refractivity contribution in [2.45, 2.75) is 117 Å². The molecule has 7 nitrogen and oxygen atoms in total. The highest BCUT2D eigenvalue weighted by Gasteiger charge is 2.44. The molecule has 2 heterocycles. The van der Waals surface area contributed by atoms with Crippen LogP contribution in [-0.4, -0.2) is 52.7 Å². The highest BCUT2D eigenvalue weighted by atomic mass is 16.6. The second-order valence-electron chi connectivity index (χ2n) is 16.0. The van der Waals surface area contributed by atoms with Crippen molar-refractivity contribution in [2.75, 3.05) is 19.0 Å². The van der Waals surface area contributed by atoms with Crippen molar-refractivity contribution in [1.29, 1.82) is 0 Å². The first kappa shape index (κ1) is 36.9. The van der Waals surface area contributed by atoms with Crippen LogP contribution in [0.2, 0.25) is 0 Å². The van der Waals surface area contributed by atoms with Gasteiger partial charge in [-0.05, 0) is 96.1 Å². The van der Waals surface area contributed by atoms with Gasteiger partial charge in [0, 0.05) is 41.6 Å². The van der Waals surface area contributed by atoms with Crippen LogP contribution in [-0.2, 0) is 20.3 Å². The number of anilines is 1. The van der Waals surface area contributed by atoms with Crippen LogP contribution in [0.1, 0.15) is 106 Å². The summed E-state index contributed by atoms with van der Waals surface area (Å²) in [4.78, 5) is 31.8. The zero-order valence-corrected chi connectivity index (χ0v) is 32.2. The lowest BCUT2D eigenvalue weighted by molar-refractivity contribution is -0.401. The summed E-state index contributed by atoms with van der Waals surface area (Å²) in [6, 6.07) is 16.9. The molecule has 0 saturated heterocycles. The van der Waals surface area contributed by atoms with E-state index >= 15 is 0 Å². The van der Waals surface area contributed by atoms with E-state index in [2.05, 4.69) is 124 Å². The Labute approximate surface area is 299 Å². The van der Waals surface area contributed by atoms with Crippen molar-refractivity contribution in [3.8, 4) is 0 Å². The summed E-state index contributed by atoms with van der Waals surface area (Å²) in [7, 11) is 4.18. The number of fused-ring (bicyclic) bond motifs is 2. The molecule has 0 unspecified atom stereocenters. The van der Waals surface area contributed by atoms with Crippen LogP contribution in [0.4, 0.5) is 21.0 Å². The predicted octanol–water partition coefficient (Wildman–Crippen LogP) is 10.5. The van der Waals surface area contributed by atoms with Gasteiger partial charge in [-0.2, -0.15) is 9.48 Å². The van der Waals surface area contributed by atoms with E-state index in [1.807, 2.05) is 41.5 Å². The van der Waals surface area contributed by atoms with Crippen LogP contribution >= 0.6 is 0 Å². The highest BCUT2D eigenvalue weighted by Crippen LogP contribution is 2.47. The number of hydrogen-bond donors (Lipinski definition) is 0. The first-order valence-corrected chi connectivity index (χ1v) is 18.0. The fourth-order valence-electron chi connectivity index (χ4n) is 7.25. The van der Waals surface area contributed by atoms with Crippen LogP contribution in [0, 0.1) is 0 Å². The maximum absolute atomic E-state index is 14.2. The topological polar surface area (TPSA) is 62.1 Å². The zero-order valence-electron chi connectivity index (χ0n) is 32.2. The first-order chi connectivity index (χ1) is 23.4. The highest BCUT2D eigenvalue weighted by molar-refractivity contribution is 6.03. The average molecular weight is 679 g/mol. The lowest BCUT2D eigenvalue weighted by Gasteiger charge is -2.32. The summed E-state index contributed by atoms with van der Waals surface area (Å²) in [5.41, 5.74) is 7.39. The number of ether oxygens (including phenoxy) is 2. The number of allylic oxidation sites excluding steroid dienone is 7. The zero-order chi connectivity index (χ0) is 36.8. The van der Waals surface area contributed by atoms with E-state index in [4.69, 9.17) is 9.47 Å². The summed E-state index contributed by atoms with van der Waals surface area (Å²) in [5.74, 6) is 0. The Hall–Kier alpha value is -4.39. The SMILES string of the molecule is CCC(C)(C)OC(=O)N(C(=O)OC(C)(C)CC)C1=C(/C=C/C2=[N+](C)c3ccccc3C2(C)C)CC/C1=C\C=C1\N(C)c2ccccc2C1(C)C. The molecule has 0 bridgehead atoms. The minimum atomic E-state index is -0.780. The van der Waals surface area contributed by atoms with Gasteiger partial charge >= 0.3 is 12.2 Å². The van der Waals surface area contributed by atoms with Crippen LogP contribution in [0.5, 0.6) is 0 Å². The van der Waals surface area contributed by atoms with Crippen LogP contribution in [0.3, 0.4) is 0 Å². The van der Waals surface area contributed by atoms with E-state index in [-0.39, 0.29) is 10.8 Å².